The van der Waals surface area contributed by atoms with E-state index < -0.39 is 23.4 Å². The summed E-state index contributed by atoms with van der Waals surface area (Å²) < 4.78 is 49.5. The minimum atomic E-state index is -1.17. The van der Waals surface area contributed by atoms with Crippen LogP contribution in [0.4, 0.5) is 13.2 Å². The monoisotopic (exact) mass is 411 g/mol. The van der Waals surface area contributed by atoms with Gasteiger partial charge in [0.15, 0.2) is 16.4 Å². The highest BCUT2D eigenvalue weighted by Crippen LogP contribution is 2.35. The number of benzene rings is 1. The fraction of sp³-hybridized carbons (Fsp3) is 0.474. The molecular weight excluding hydrogens is 391 g/mol. The average Bonchev–Trinajstić information content (AvgIpc) is 3.37. The van der Waals surface area contributed by atoms with E-state index in [1.54, 1.807) is 4.57 Å². The van der Waals surface area contributed by atoms with E-state index in [1.165, 1.54) is 0 Å². The zero-order chi connectivity index (χ0) is 19.8. The van der Waals surface area contributed by atoms with Crippen LogP contribution in [0, 0.1) is 22.2 Å². The van der Waals surface area contributed by atoms with Gasteiger partial charge in [0, 0.05) is 42.6 Å². The summed E-state index contributed by atoms with van der Waals surface area (Å²) in [7, 11) is 0. The van der Waals surface area contributed by atoms with E-state index in [0.29, 0.717) is 17.0 Å². The van der Waals surface area contributed by atoms with Crippen molar-refractivity contribution in [3.8, 4) is 0 Å². The van der Waals surface area contributed by atoms with Crippen molar-refractivity contribution in [2.24, 2.45) is 0 Å². The fourth-order valence-electron chi connectivity index (χ4n) is 4.01. The molecule has 2 atom stereocenters. The molecule has 1 aromatic carbocycles. The molecule has 1 amide bonds. The summed E-state index contributed by atoms with van der Waals surface area (Å²) in [4.78, 5) is 15.3. The van der Waals surface area contributed by atoms with Crippen LogP contribution in [-0.2, 0) is 28.9 Å². The molecule has 0 unspecified atom stereocenters. The third-order valence-corrected chi connectivity index (χ3v) is 5.72. The Morgan fingerprint density at radius 1 is 1.32 bits per heavy atom. The molecule has 2 aliphatic rings. The molecule has 0 bridgehead atoms. The van der Waals surface area contributed by atoms with E-state index in [-0.39, 0.29) is 37.0 Å². The highest BCUT2D eigenvalue weighted by molar-refractivity contribution is 7.71. The van der Waals surface area contributed by atoms with Gasteiger partial charge in [-0.25, -0.2) is 13.2 Å². The lowest BCUT2D eigenvalue weighted by atomic mass is 9.95. The van der Waals surface area contributed by atoms with Crippen LogP contribution < -0.4 is 5.32 Å². The number of aromatic amines is 1. The summed E-state index contributed by atoms with van der Waals surface area (Å²) in [5.74, 6) is -3.77. The van der Waals surface area contributed by atoms with Gasteiger partial charge in [-0.05, 0) is 43.6 Å². The van der Waals surface area contributed by atoms with Crippen molar-refractivity contribution in [3.05, 3.63) is 51.3 Å². The van der Waals surface area contributed by atoms with Gasteiger partial charge in [-0.15, -0.1) is 0 Å². The number of aromatic nitrogens is 2. The van der Waals surface area contributed by atoms with Crippen molar-refractivity contribution in [1.82, 2.24) is 14.9 Å². The van der Waals surface area contributed by atoms with Crippen LogP contribution in [0.15, 0.2) is 12.1 Å². The predicted octanol–water partition coefficient (Wildman–Crippen LogP) is 3.14. The van der Waals surface area contributed by atoms with Crippen LogP contribution in [0.3, 0.4) is 0 Å². The number of halogens is 3. The number of imidazole rings is 1. The standard InChI is InChI=1S/C19H20F3N3O2S/c20-12-3-4-13(21)18(22)17(12)10-6-15-14(24-19(28)25(15)9-10)7-16(26)23-8-11-2-1-5-27-11/h3-4,10-11H,1-2,5-9H2,(H,23,26)(H,24,28)/t10-,11-/m0/s1. The molecule has 0 spiro atoms. The molecule has 2 N–H and O–H groups in total. The summed E-state index contributed by atoms with van der Waals surface area (Å²) in [6.45, 7) is 1.41. The van der Waals surface area contributed by atoms with Gasteiger partial charge in [-0.1, -0.05) is 0 Å². The number of hydrogen-bond donors (Lipinski definition) is 2. The van der Waals surface area contributed by atoms with Gasteiger partial charge < -0.3 is 19.6 Å². The largest absolute Gasteiger partial charge is 0.376 e. The predicted molar refractivity (Wildman–Crippen MR) is 98.1 cm³/mol. The van der Waals surface area contributed by atoms with Gasteiger partial charge in [0.2, 0.25) is 5.91 Å². The minimum Gasteiger partial charge on any atom is -0.376 e. The Morgan fingerprint density at radius 2 is 2.11 bits per heavy atom. The van der Waals surface area contributed by atoms with Crippen LogP contribution in [0.25, 0.3) is 0 Å². The second kappa shape index (κ2) is 7.71. The van der Waals surface area contributed by atoms with E-state index in [1.807, 2.05) is 0 Å². The molecule has 150 valence electrons. The quantitative estimate of drug-likeness (QED) is 0.587. The Bertz CT molecular complexity index is 966. The van der Waals surface area contributed by atoms with Crippen molar-refractivity contribution >= 4 is 18.1 Å². The number of rotatable bonds is 5. The summed E-state index contributed by atoms with van der Waals surface area (Å²) >= 11 is 5.29. The number of fused-ring (bicyclic) bond motifs is 1. The first-order valence-corrected chi connectivity index (χ1v) is 9.67. The number of nitrogens with zero attached hydrogens (tertiary/aromatic N) is 1. The number of H-pyrrole nitrogens is 1. The van der Waals surface area contributed by atoms with Gasteiger partial charge in [0.1, 0.15) is 5.82 Å². The Morgan fingerprint density at radius 3 is 2.86 bits per heavy atom. The summed E-state index contributed by atoms with van der Waals surface area (Å²) in [5.41, 5.74) is 1.08. The number of carbonyl (C=O) groups is 1. The third-order valence-electron chi connectivity index (χ3n) is 5.40. The van der Waals surface area contributed by atoms with E-state index in [4.69, 9.17) is 17.0 Å². The first-order chi connectivity index (χ1) is 13.4. The van der Waals surface area contributed by atoms with Gasteiger partial charge in [-0.3, -0.25) is 4.79 Å². The number of ether oxygens (including phenoxy) is 1. The highest BCUT2D eigenvalue weighted by Gasteiger charge is 2.32. The number of amides is 1. The summed E-state index contributed by atoms with van der Waals surface area (Å²) in [5, 5.41) is 2.85. The Hall–Kier alpha value is -2.13. The van der Waals surface area contributed by atoms with Crippen LogP contribution in [-0.4, -0.2) is 34.7 Å². The first-order valence-electron chi connectivity index (χ1n) is 9.26. The topological polar surface area (TPSA) is 59.0 Å². The molecule has 28 heavy (non-hydrogen) atoms. The molecule has 5 nitrogen and oxygen atoms in total. The minimum absolute atomic E-state index is 0.0468. The lowest BCUT2D eigenvalue weighted by molar-refractivity contribution is -0.121. The third kappa shape index (κ3) is 3.60. The van der Waals surface area contributed by atoms with Crippen LogP contribution in [0.1, 0.15) is 35.7 Å². The molecule has 2 aromatic rings. The molecule has 0 saturated carbocycles. The van der Waals surface area contributed by atoms with E-state index >= 15 is 0 Å². The van der Waals surface area contributed by atoms with Gasteiger partial charge in [0.05, 0.1) is 12.5 Å². The normalized spacial score (nSPS) is 21.1. The summed E-state index contributed by atoms with van der Waals surface area (Å²) in [6.07, 6.45) is 2.33. The van der Waals surface area contributed by atoms with Crippen molar-refractivity contribution in [2.45, 2.75) is 44.2 Å². The van der Waals surface area contributed by atoms with Gasteiger partial charge >= 0.3 is 0 Å². The van der Waals surface area contributed by atoms with Crippen LogP contribution >= 0.6 is 12.2 Å². The first kappa shape index (κ1) is 19.2. The number of carbonyl (C=O) groups excluding carboxylic acids is 1. The van der Waals surface area contributed by atoms with E-state index in [9.17, 15) is 18.0 Å². The highest BCUT2D eigenvalue weighted by atomic mass is 32.1. The van der Waals surface area contributed by atoms with Crippen molar-refractivity contribution in [1.29, 1.82) is 0 Å². The molecule has 2 aliphatic heterocycles. The maximum atomic E-state index is 14.2. The lowest BCUT2D eigenvalue weighted by Crippen LogP contribution is -2.33. The van der Waals surface area contributed by atoms with Gasteiger partial charge in [0.25, 0.3) is 0 Å². The Balaban J connectivity index is 1.49. The Labute approximate surface area is 164 Å². The van der Waals surface area contributed by atoms with Crippen LogP contribution in [0.2, 0.25) is 0 Å². The smallest absolute Gasteiger partial charge is 0.226 e. The lowest BCUT2D eigenvalue weighted by Gasteiger charge is -2.13. The molecular formula is C19H20F3N3O2S. The molecule has 1 saturated heterocycles. The van der Waals surface area contributed by atoms with Gasteiger partial charge in [-0.2, -0.15) is 0 Å². The van der Waals surface area contributed by atoms with Crippen molar-refractivity contribution < 1.29 is 22.7 Å². The maximum Gasteiger partial charge on any atom is 0.226 e. The molecule has 1 fully saturated rings. The molecule has 4 rings (SSSR count). The van der Waals surface area contributed by atoms with Crippen molar-refractivity contribution in [2.75, 3.05) is 13.2 Å². The average molecular weight is 411 g/mol. The molecule has 1 aromatic heterocycles. The number of nitrogens with one attached hydrogen (secondary N) is 2. The molecule has 9 heteroatoms. The second-order valence-corrected chi connectivity index (χ2v) is 7.63. The van der Waals surface area contributed by atoms with E-state index in [2.05, 4.69) is 10.3 Å². The second-order valence-electron chi connectivity index (χ2n) is 7.24. The SMILES string of the molecule is O=C(Cc1[nH]c(=S)n2c1C[C@H](c1c(F)ccc(F)c1F)C2)NC[C@@H]1CCCO1. The fourth-order valence-corrected chi connectivity index (χ4v) is 4.32. The summed E-state index contributed by atoms with van der Waals surface area (Å²) in [6, 6.07) is 1.71. The van der Waals surface area contributed by atoms with Crippen molar-refractivity contribution in [3.63, 3.8) is 0 Å². The molecule has 0 aliphatic carbocycles. The molecule has 0 radical (unpaired) electrons. The van der Waals surface area contributed by atoms with Crippen LogP contribution in [0.5, 0.6) is 0 Å². The zero-order valence-electron chi connectivity index (χ0n) is 15.1. The zero-order valence-corrected chi connectivity index (χ0v) is 15.9. The molecule has 3 heterocycles. The number of hydrogen-bond acceptors (Lipinski definition) is 3. The van der Waals surface area contributed by atoms with E-state index in [0.717, 1.165) is 37.3 Å². The Kier molecular flexibility index (Phi) is 5.29. The maximum absolute atomic E-state index is 14.2.